The van der Waals surface area contributed by atoms with Crippen molar-refractivity contribution in [1.82, 2.24) is 5.06 Å². The van der Waals surface area contributed by atoms with E-state index in [1.165, 1.54) is 18.4 Å². The summed E-state index contributed by atoms with van der Waals surface area (Å²) in [5, 5.41) is 2.23. The van der Waals surface area contributed by atoms with E-state index in [1.54, 1.807) is 7.11 Å². The van der Waals surface area contributed by atoms with Gasteiger partial charge in [0.1, 0.15) is 5.75 Å². The summed E-state index contributed by atoms with van der Waals surface area (Å²) in [6.07, 6.45) is 2.39. The predicted molar refractivity (Wildman–Crippen MR) is 89.0 cm³/mol. The Morgan fingerprint density at radius 3 is 2.68 bits per heavy atom. The Hall–Kier alpha value is -1.06. The Balaban J connectivity index is 1.90. The third-order valence-corrected chi connectivity index (χ3v) is 5.66. The maximum Gasteiger partial charge on any atom is 0.122 e. The van der Waals surface area contributed by atoms with Gasteiger partial charge in [-0.1, -0.05) is 32.0 Å². The summed E-state index contributed by atoms with van der Waals surface area (Å²) in [6.45, 7) is 10.0. The van der Waals surface area contributed by atoms with Crippen molar-refractivity contribution in [2.45, 2.75) is 58.1 Å². The number of hydroxylamine groups is 2. The monoisotopic (exact) mass is 303 g/mol. The second kappa shape index (κ2) is 5.86. The van der Waals surface area contributed by atoms with Gasteiger partial charge in [-0.15, -0.1) is 0 Å². The molecule has 1 aliphatic carbocycles. The van der Waals surface area contributed by atoms with E-state index >= 15 is 0 Å². The first-order chi connectivity index (χ1) is 10.5. The van der Waals surface area contributed by atoms with E-state index in [0.717, 1.165) is 12.3 Å². The van der Waals surface area contributed by atoms with Gasteiger partial charge in [-0.05, 0) is 50.2 Å². The molecule has 0 bridgehead atoms. The molecule has 0 spiro atoms. The Bertz CT molecular complexity index is 528. The zero-order valence-corrected chi connectivity index (χ0v) is 14.5. The van der Waals surface area contributed by atoms with Crippen LogP contribution in [-0.4, -0.2) is 30.4 Å². The Morgan fingerprint density at radius 2 is 2.00 bits per heavy atom. The number of ether oxygens (including phenoxy) is 1. The van der Waals surface area contributed by atoms with Crippen molar-refractivity contribution in [2.24, 2.45) is 11.8 Å². The van der Waals surface area contributed by atoms with Crippen molar-refractivity contribution in [3.63, 3.8) is 0 Å². The van der Waals surface area contributed by atoms with E-state index in [0.29, 0.717) is 23.8 Å². The highest BCUT2D eigenvalue weighted by atomic mass is 16.7. The van der Waals surface area contributed by atoms with Crippen LogP contribution in [0.25, 0.3) is 0 Å². The van der Waals surface area contributed by atoms with Gasteiger partial charge in [0.15, 0.2) is 0 Å². The number of hydrogen-bond acceptors (Lipinski definition) is 3. The first kappa shape index (κ1) is 15.8. The normalized spacial score (nSPS) is 34.4. The summed E-state index contributed by atoms with van der Waals surface area (Å²) in [6, 6.07) is 9.05. The van der Waals surface area contributed by atoms with Crippen LogP contribution < -0.4 is 4.74 Å². The lowest BCUT2D eigenvalue weighted by Crippen LogP contribution is -2.43. The third kappa shape index (κ3) is 2.55. The molecule has 3 nitrogen and oxygen atoms in total. The Kier molecular flexibility index (Phi) is 4.21. The molecule has 1 heterocycles. The molecule has 0 amide bonds. The molecule has 2 aliphatic rings. The molecule has 0 unspecified atom stereocenters. The number of nitrogens with zero attached hydrogens (tertiary/aromatic N) is 1. The lowest BCUT2D eigenvalue weighted by molar-refractivity contribution is -0.195. The van der Waals surface area contributed by atoms with Crippen LogP contribution in [0.1, 0.15) is 52.0 Å². The van der Waals surface area contributed by atoms with Crippen molar-refractivity contribution >= 4 is 0 Å². The number of para-hydroxylation sites is 1. The Labute approximate surface area is 134 Å². The molecule has 1 saturated heterocycles. The van der Waals surface area contributed by atoms with Crippen LogP contribution in [0.2, 0.25) is 0 Å². The molecule has 1 aromatic rings. The molecule has 1 aromatic carbocycles. The van der Waals surface area contributed by atoms with Gasteiger partial charge in [-0.25, -0.2) is 0 Å². The number of methoxy groups -OCH3 is 1. The van der Waals surface area contributed by atoms with E-state index in [-0.39, 0.29) is 5.60 Å². The van der Waals surface area contributed by atoms with Crippen LogP contribution in [0.5, 0.6) is 5.75 Å². The van der Waals surface area contributed by atoms with Crippen LogP contribution in [0, 0.1) is 11.8 Å². The lowest BCUT2D eigenvalue weighted by Gasteiger charge is -2.40. The molecule has 0 radical (unpaired) electrons. The van der Waals surface area contributed by atoms with Crippen LogP contribution in [0.4, 0.5) is 0 Å². The standard InChI is InChI=1S/C19H29NO2/c1-6-20-18-13(2)11-14(12-16(18)19(3,4)22-20)15-9-7-8-10-17(15)21-5/h7-10,13-14,16,18H,6,11-12H2,1-5H3/t13-,14+,16+,18+/m0/s1. The number of fused-ring (bicyclic) bond motifs is 1. The molecule has 0 N–H and O–H groups in total. The lowest BCUT2D eigenvalue weighted by atomic mass is 9.66. The predicted octanol–water partition coefficient (Wildman–Crippen LogP) is 4.24. The van der Waals surface area contributed by atoms with E-state index < -0.39 is 0 Å². The summed E-state index contributed by atoms with van der Waals surface area (Å²) in [5.74, 6) is 2.80. The van der Waals surface area contributed by atoms with Gasteiger partial charge in [-0.3, -0.25) is 4.84 Å². The highest BCUT2D eigenvalue weighted by Gasteiger charge is 2.53. The molecule has 3 heteroatoms. The van der Waals surface area contributed by atoms with Crippen molar-refractivity contribution in [2.75, 3.05) is 13.7 Å². The molecule has 2 fully saturated rings. The summed E-state index contributed by atoms with van der Waals surface area (Å²) in [5.41, 5.74) is 1.29. The summed E-state index contributed by atoms with van der Waals surface area (Å²) in [7, 11) is 1.77. The van der Waals surface area contributed by atoms with Gasteiger partial charge in [0.2, 0.25) is 0 Å². The molecular formula is C19H29NO2. The smallest absolute Gasteiger partial charge is 0.122 e. The zero-order valence-electron chi connectivity index (χ0n) is 14.5. The van der Waals surface area contributed by atoms with Gasteiger partial charge in [0, 0.05) is 18.5 Å². The molecule has 4 atom stereocenters. The minimum atomic E-state index is -0.0738. The average molecular weight is 303 g/mol. The second-order valence-corrected chi connectivity index (χ2v) is 7.41. The van der Waals surface area contributed by atoms with E-state index in [1.807, 2.05) is 0 Å². The topological polar surface area (TPSA) is 21.7 Å². The van der Waals surface area contributed by atoms with Gasteiger partial charge >= 0.3 is 0 Å². The van der Waals surface area contributed by atoms with E-state index in [4.69, 9.17) is 9.57 Å². The van der Waals surface area contributed by atoms with Gasteiger partial charge in [0.25, 0.3) is 0 Å². The molecule has 1 aliphatic heterocycles. The number of benzene rings is 1. The fourth-order valence-electron chi connectivity index (χ4n) is 4.67. The highest BCUT2D eigenvalue weighted by molar-refractivity contribution is 5.37. The third-order valence-electron chi connectivity index (χ3n) is 5.66. The SMILES string of the molecule is CCN1OC(C)(C)[C@@H]2C[C@H](c3ccccc3OC)C[C@H](C)[C@H]21. The summed E-state index contributed by atoms with van der Waals surface area (Å²) in [4.78, 5) is 6.26. The zero-order chi connectivity index (χ0) is 15.9. The molecule has 1 saturated carbocycles. The van der Waals surface area contributed by atoms with E-state index in [9.17, 15) is 0 Å². The minimum Gasteiger partial charge on any atom is -0.496 e. The molecule has 0 aromatic heterocycles. The maximum atomic E-state index is 6.26. The van der Waals surface area contributed by atoms with Gasteiger partial charge in [0.05, 0.1) is 12.7 Å². The van der Waals surface area contributed by atoms with Crippen molar-refractivity contribution < 1.29 is 9.57 Å². The first-order valence-electron chi connectivity index (χ1n) is 8.56. The molecule has 22 heavy (non-hydrogen) atoms. The fourth-order valence-corrected chi connectivity index (χ4v) is 4.67. The van der Waals surface area contributed by atoms with E-state index in [2.05, 4.69) is 57.0 Å². The Morgan fingerprint density at radius 1 is 1.27 bits per heavy atom. The average Bonchev–Trinajstić information content (AvgIpc) is 2.78. The van der Waals surface area contributed by atoms with Crippen LogP contribution in [0.3, 0.4) is 0 Å². The van der Waals surface area contributed by atoms with Gasteiger partial charge in [-0.2, -0.15) is 5.06 Å². The number of rotatable bonds is 3. The van der Waals surface area contributed by atoms with Crippen LogP contribution in [0.15, 0.2) is 24.3 Å². The molecule has 122 valence electrons. The van der Waals surface area contributed by atoms with Crippen molar-refractivity contribution in [3.05, 3.63) is 29.8 Å². The van der Waals surface area contributed by atoms with Gasteiger partial charge < -0.3 is 4.74 Å². The second-order valence-electron chi connectivity index (χ2n) is 7.41. The maximum absolute atomic E-state index is 6.26. The van der Waals surface area contributed by atoms with Crippen LogP contribution in [-0.2, 0) is 4.84 Å². The van der Waals surface area contributed by atoms with Crippen molar-refractivity contribution in [1.29, 1.82) is 0 Å². The minimum absolute atomic E-state index is 0.0738. The van der Waals surface area contributed by atoms with Crippen LogP contribution >= 0.6 is 0 Å². The fraction of sp³-hybridized carbons (Fsp3) is 0.684. The summed E-state index contributed by atoms with van der Waals surface area (Å²) < 4.78 is 5.60. The quantitative estimate of drug-likeness (QED) is 0.833. The largest absolute Gasteiger partial charge is 0.496 e. The van der Waals surface area contributed by atoms with Crippen molar-refractivity contribution in [3.8, 4) is 5.75 Å². The first-order valence-corrected chi connectivity index (χ1v) is 8.56. The molecule has 3 rings (SSSR count). The summed E-state index contributed by atoms with van der Waals surface area (Å²) >= 11 is 0. The molecular weight excluding hydrogens is 274 g/mol. The highest BCUT2D eigenvalue weighted by Crippen LogP contribution is 2.51. The number of hydrogen-bond donors (Lipinski definition) is 0.